The Morgan fingerprint density at radius 1 is 1.44 bits per heavy atom. The Morgan fingerprint density at radius 3 is 3.08 bits per heavy atom. The number of rotatable bonds is 7. The third-order valence-electron chi connectivity index (χ3n) is 4.52. The smallest absolute Gasteiger partial charge is 0.248 e. The van der Waals surface area contributed by atoms with Crippen LogP contribution in [-0.4, -0.2) is 59.1 Å². The van der Waals surface area contributed by atoms with Crippen molar-refractivity contribution < 1.29 is 9.53 Å². The number of carbonyl (C=O) groups is 1. The fraction of sp³-hybridized carbons (Fsp3) is 0.556. The van der Waals surface area contributed by atoms with E-state index in [1.807, 2.05) is 11.6 Å². The molecule has 2 aromatic heterocycles. The van der Waals surface area contributed by atoms with Crippen LogP contribution < -0.4 is 0 Å². The molecule has 0 aliphatic carbocycles. The first kappa shape index (κ1) is 18.1. The summed E-state index contributed by atoms with van der Waals surface area (Å²) in [6, 6.07) is 4.31. The van der Waals surface area contributed by atoms with Gasteiger partial charge >= 0.3 is 0 Å². The maximum Gasteiger partial charge on any atom is 0.248 e. The zero-order valence-electron chi connectivity index (χ0n) is 14.9. The molecule has 0 bridgehead atoms. The molecule has 0 fully saturated rings. The molecule has 1 aliphatic rings. The van der Waals surface area contributed by atoms with Crippen LogP contribution in [0.25, 0.3) is 0 Å². The number of amides is 1. The van der Waals surface area contributed by atoms with Gasteiger partial charge in [-0.3, -0.25) is 9.69 Å². The molecule has 6 nitrogen and oxygen atoms in total. The summed E-state index contributed by atoms with van der Waals surface area (Å²) in [5.41, 5.74) is 1.35. The number of ether oxygens (including phenoxy) is 1. The maximum atomic E-state index is 11.6. The van der Waals surface area contributed by atoms with Crippen LogP contribution in [0, 0.1) is 5.92 Å². The SMILES string of the molecule is CN(C)C(=O)COCC[C@@H]1CN(Cc2nccs2)Cc2cccn2C1. The lowest BCUT2D eigenvalue weighted by atomic mass is 10.1. The lowest BCUT2D eigenvalue weighted by Gasteiger charge is -2.23. The minimum Gasteiger partial charge on any atom is -0.372 e. The van der Waals surface area contributed by atoms with E-state index in [1.54, 1.807) is 30.3 Å². The van der Waals surface area contributed by atoms with Crippen molar-refractivity contribution in [1.29, 1.82) is 0 Å². The number of nitrogens with zero attached hydrogens (tertiary/aromatic N) is 4. The average molecular weight is 362 g/mol. The normalized spacial score (nSPS) is 17.9. The minimum atomic E-state index is 0.0129. The van der Waals surface area contributed by atoms with Gasteiger partial charge in [-0.05, 0) is 24.5 Å². The maximum absolute atomic E-state index is 11.6. The van der Waals surface area contributed by atoms with Crippen LogP contribution in [0.15, 0.2) is 29.9 Å². The fourth-order valence-corrected chi connectivity index (χ4v) is 3.79. The summed E-state index contributed by atoms with van der Waals surface area (Å²) in [5.74, 6) is 0.516. The molecule has 136 valence electrons. The predicted molar refractivity (Wildman–Crippen MR) is 98.3 cm³/mol. The highest BCUT2D eigenvalue weighted by molar-refractivity contribution is 7.09. The van der Waals surface area contributed by atoms with Crippen LogP contribution in [0.3, 0.4) is 0 Å². The van der Waals surface area contributed by atoms with Crippen molar-refractivity contribution in [3.05, 3.63) is 40.6 Å². The molecular weight excluding hydrogens is 336 g/mol. The van der Waals surface area contributed by atoms with Gasteiger partial charge in [0.25, 0.3) is 0 Å². The summed E-state index contributed by atoms with van der Waals surface area (Å²) in [6.07, 6.45) is 4.98. The van der Waals surface area contributed by atoms with Crippen molar-refractivity contribution in [3.8, 4) is 0 Å². The van der Waals surface area contributed by atoms with Gasteiger partial charge in [-0.1, -0.05) is 0 Å². The van der Waals surface area contributed by atoms with Crippen molar-refractivity contribution in [2.45, 2.75) is 26.1 Å². The fourth-order valence-electron chi connectivity index (χ4n) is 3.13. The van der Waals surface area contributed by atoms with Crippen molar-refractivity contribution in [3.63, 3.8) is 0 Å². The van der Waals surface area contributed by atoms with E-state index in [1.165, 1.54) is 5.69 Å². The van der Waals surface area contributed by atoms with E-state index in [0.29, 0.717) is 12.5 Å². The first-order valence-electron chi connectivity index (χ1n) is 8.64. The summed E-state index contributed by atoms with van der Waals surface area (Å²) < 4.78 is 7.93. The van der Waals surface area contributed by atoms with Crippen LogP contribution in [0.4, 0.5) is 0 Å². The number of likely N-dealkylation sites (N-methyl/N-ethyl adjacent to an activating group) is 1. The van der Waals surface area contributed by atoms with Crippen LogP contribution in [0.1, 0.15) is 17.1 Å². The number of aromatic nitrogens is 2. The molecule has 1 amide bonds. The van der Waals surface area contributed by atoms with Crippen LogP contribution >= 0.6 is 11.3 Å². The Hall–Kier alpha value is -1.70. The minimum absolute atomic E-state index is 0.0129. The van der Waals surface area contributed by atoms with Crippen LogP contribution in [0.2, 0.25) is 0 Å². The molecule has 0 unspecified atom stereocenters. The summed E-state index contributed by atoms with van der Waals surface area (Å²) in [4.78, 5) is 20.0. The Labute approximate surface area is 153 Å². The molecule has 1 atom stereocenters. The lowest BCUT2D eigenvalue weighted by molar-refractivity contribution is -0.133. The molecule has 0 aromatic carbocycles. The zero-order chi connectivity index (χ0) is 17.6. The molecule has 1 aliphatic heterocycles. The van der Waals surface area contributed by atoms with E-state index in [2.05, 4.69) is 32.8 Å². The van der Waals surface area contributed by atoms with Crippen molar-refractivity contribution in [2.24, 2.45) is 5.92 Å². The van der Waals surface area contributed by atoms with Crippen molar-refractivity contribution in [1.82, 2.24) is 19.4 Å². The molecule has 0 saturated heterocycles. The predicted octanol–water partition coefficient (Wildman–Crippen LogP) is 2.07. The quantitative estimate of drug-likeness (QED) is 0.708. The van der Waals surface area contributed by atoms with Gasteiger partial charge in [0, 0.05) is 63.8 Å². The number of fused-ring (bicyclic) bond motifs is 1. The number of hydrogen-bond acceptors (Lipinski definition) is 5. The molecule has 2 aromatic rings. The summed E-state index contributed by atoms with van der Waals surface area (Å²) >= 11 is 1.71. The number of thiazole rings is 1. The second-order valence-electron chi connectivity index (χ2n) is 6.74. The molecule has 3 heterocycles. The first-order valence-corrected chi connectivity index (χ1v) is 9.52. The van der Waals surface area contributed by atoms with Gasteiger partial charge in [0.2, 0.25) is 5.91 Å². The summed E-state index contributed by atoms with van der Waals surface area (Å²) in [7, 11) is 3.50. The molecular formula is C18H26N4O2S. The highest BCUT2D eigenvalue weighted by atomic mass is 32.1. The second kappa shape index (κ2) is 8.60. The van der Waals surface area contributed by atoms with E-state index in [4.69, 9.17) is 4.74 Å². The van der Waals surface area contributed by atoms with E-state index in [0.717, 1.165) is 37.6 Å². The largest absolute Gasteiger partial charge is 0.372 e. The third-order valence-corrected chi connectivity index (χ3v) is 5.28. The Morgan fingerprint density at radius 2 is 2.32 bits per heavy atom. The molecule has 0 saturated carbocycles. The van der Waals surface area contributed by atoms with Gasteiger partial charge in [-0.25, -0.2) is 4.98 Å². The Kier molecular flexibility index (Phi) is 6.23. The van der Waals surface area contributed by atoms with Gasteiger partial charge < -0.3 is 14.2 Å². The average Bonchev–Trinajstić information content (AvgIpc) is 3.20. The van der Waals surface area contributed by atoms with Crippen molar-refractivity contribution >= 4 is 17.2 Å². The zero-order valence-corrected chi connectivity index (χ0v) is 15.7. The van der Waals surface area contributed by atoms with E-state index in [-0.39, 0.29) is 12.5 Å². The number of carbonyl (C=O) groups excluding carboxylic acids is 1. The second-order valence-corrected chi connectivity index (χ2v) is 7.72. The van der Waals surface area contributed by atoms with Crippen LogP contribution in [0.5, 0.6) is 0 Å². The monoisotopic (exact) mass is 362 g/mol. The molecule has 0 N–H and O–H groups in total. The molecule has 0 radical (unpaired) electrons. The van der Waals surface area contributed by atoms with Gasteiger partial charge in [0.05, 0.1) is 6.54 Å². The molecule has 0 spiro atoms. The first-order chi connectivity index (χ1) is 12.1. The third kappa shape index (κ3) is 5.14. The van der Waals surface area contributed by atoms with Gasteiger partial charge in [0.15, 0.2) is 0 Å². The summed E-state index contributed by atoms with van der Waals surface area (Å²) in [5, 5.41) is 3.19. The van der Waals surface area contributed by atoms with E-state index >= 15 is 0 Å². The summed E-state index contributed by atoms with van der Waals surface area (Å²) in [6.45, 7) is 4.64. The topological polar surface area (TPSA) is 50.6 Å². The van der Waals surface area contributed by atoms with E-state index < -0.39 is 0 Å². The van der Waals surface area contributed by atoms with Crippen LogP contribution in [-0.2, 0) is 29.2 Å². The Balaban J connectivity index is 1.56. The van der Waals surface area contributed by atoms with Gasteiger partial charge in [0.1, 0.15) is 11.6 Å². The van der Waals surface area contributed by atoms with E-state index in [9.17, 15) is 4.79 Å². The van der Waals surface area contributed by atoms with Gasteiger partial charge in [-0.15, -0.1) is 11.3 Å². The molecule has 7 heteroatoms. The highest BCUT2D eigenvalue weighted by Gasteiger charge is 2.22. The Bertz CT molecular complexity index is 668. The molecule has 3 rings (SSSR count). The standard InChI is InChI=1S/C18H26N4O2S/c1-20(2)18(23)14-24-8-5-15-10-21(13-17-19-6-9-25-17)12-16-4-3-7-22(16)11-15/h3-4,6-7,9,15H,5,8,10-14H2,1-2H3/t15-/m1/s1. The number of hydrogen-bond donors (Lipinski definition) is 0. The van der Waals surface area contributed by atoms with Gasteiger partial charge in [-0.2, -0.15) is 0 Å². The highest BCUT2D eigenvalue weighted by Crippen LogP contribution is 2.21. The van der Waals surface area contributed by atoms with Crippen molar-refractivity contribution in [2.75, 3.05) is 33.9 Å². The lowest BCUT2D eigenvalue weighted by Crippen LogP contribution is -2.29. The molecule has 25 heavy (non-hydrogen) atoms.